The lowest BCUT2D eigenvalue weighted by Crippen LogP contribution is -2.45. The number of nitro groups is 1. The van der Waals surface area contributed by atoms with E-state index in [1.807, 2.05) is 0 Å². The molecule has 6 nitrogen and oxygen atoms in total. The van der Waals surface area contributed by atoms with E-state index < -0.39 is 16.4 Å². The van der Waals surface area contributed by atoms with Gasteiger partial charge in [-0.25, -0.2) is 4.79 Å². The Labute approximate surface area is 105 Å². The zero-order chi connectivity index (χ0) is 13.8. The SMILES string of the molecule is CCC(CC)(Nc1ccccc1[N+](=O)[O-])C(=O)O. The van der Waals surface area contributed by atoms with Crippen molar-refractivity contribution in [2.24, 2.45) is 0 Å². The van der Waals surface area contributed by atoms with Crippen molar-refractivity contribution >= 4 is 17.3 Å². The second kappa shape index (κ2) is 5.48. The highest BCUT2D eigenvalue weighted by Gasteiger charge is 2.36. The summed E-state index contributed by atoms with van der Waals surface area (Å²) in [6.45, 7) is 3.47. The Hall–Kier alpha value is -2.11. The van der Waals surface area contributed by atoms with Crippen molar-refractivity contribution in [2.75, 3.05) is 5.32 Å². The van der Waals surface area contributed by atoms with Crippen LogP contribution in [0, 0.1) is 10.1 Å². The zero-order valence-corrected chi connectivity index (χ0v) is 10.3. The second-order valence-electron chi connectivity index (χ2n) is 3.99. The Balaban J connectivity index is 3.16. The molecule has 0 fully saturated rings. The number of nitro benzene ring substituents is 1. The van der Waals surface area contributed by atoms with Crippen LogP contribution in [0.15, 0.2) is 24.3 Å². The van der Waals surface area contributed by atoms with Crippen LogP contribution in [0.2, 0.25) is 0 Å². The summed E-state index contributed by atoms with van der Waals surface area (Å²) < 4.78 is 0. The van der Waals surface area contributed by atoms with Gasteiger partial charge in [0.15, 0.2) is 0 Å². The van der Waals surface area contributed by atoms with Gasteiger partial charge >= 0.3 is 5.97 Å². The molecule has 0 atom stereocenters. The number of carbonyl (C=O) groups is 1. The van der Waals surface area contributed by atoms with Gasteiger partial charge in [-0.1, -0.05) is 26.0 Å². The van der Waals surface area contributed by atoms with Crippen molar-refractivity contribution < 1.29 is 14.8 Å². The summed E-state index contributed by atoms with van der Waals surface area (Å²) in [7, 11) is 0. The third-order valence-corrected chi connectivity index (χ3v) is 3.09. The van der Waals surface area contributed by atoms with E-state index in [0.29, 0.717) is 12.8 Å². The Morgan fingerprint density at radius 2 is 1.94 bits per heavy atom. The largest absolute Gasteiger partial charge is 0.480 e. The zero-order valence-electron chi connectivity index (χ0n) is 10.3. The summed E-state index contributed by atoms with van der Waals surface area (Å²) in [5.41, 5.74) is -1.06. The van der Waals surface area contributed by atoms with Gasteiger partial charge in [0.05, 0.1) is 4.92 Å². The van der Waals surface area contributed by atoms with Crippen molar-refractivity contribution in [3.8, 4) is 0 Å². The minimum atomic E-state index is -1.17. The molecule has 0 radical (unpaired) electrons. The Morgan fingerprint density at radius 1 is 1.39 bits per heavy atom. The monoisotopic (exact) mass is 252 g/mol. The predicted octanol–water partition coefficient (Wildman–Crippen LogP) is 2.65. The van der Waals surface area contributed by atoms with Crippen LogP contribution >= 0.6 is 0 Å². The van der Waals surface area contributed by atoms with Gasteiger partial charge < -0.3 is 10.4 Å². The lowest BCUT2D eigenvalue weighted by atomic mass is 9.92. The molecule has 0 saturated heterocycles. The van der Waals surface area contributed by atoms with Gasteiger partial charge in [0.1, 0.15) is 11.2 Å². The van der Waals surface area contributed by atoms with Gasteiger partial charge in [-0.3, -0.25) is 10.1 Å². The molecule has 0 unspecified atom stereocenters. The van der Waals surface area contributed by atoms with E-state index in [1.54, 1.807) is 26.0 Å². The summed E-state index contributed by atoms with van der Waals surface area (Å²) in [6, 6.07) is 6.04. The van der Waals surface area contributed by atoms with Gasteiger partial charge in [0.25, 0.3) is 5.69 Å². The van der Waals surface area contributed by atoms with Crippen LogP contribution < -0.4 is 5.32 Å². The number of nitrogens with one attached hydrogen (secondary N) is 1. The standard InChI is InChI=1S/C12H16N2O4/c1-3-12(4-2,11(15)16)13-9-7-5-6-8-10(9)14(17)18/h5-8,13H,3-4H2,1-2H3,(H,15,16). The summed E-state index contributed by atoms with van der Waals surface area (Å²) in [5, 5.41) is 23.0. The number of aliphatic carboxylic acids is 1. The lowest BCUT2D eigenvalue weighted by molar-refractivity contribution is -0.384. The first kappa shape index (κ1) is 14.0. The molecule has 6 heteroatoms. The predicted molar refractivity (Wildman–Crippen MR) is 67.7 cm³/mol. The van der Waals surface area contributed by atoms with E-state index in [4.69, 9.17) is 0 Å². The Morgan fingerprint density at radius 3 is 2.39 bits per heavy atom. The number of rotatable bonds is 6. The molecule has 2 N–H and O–H groups in total. The number of hydrogen-bond donors (Lipinski definition) is 2. The second-order valence-corrected chi connectivity index (χ2v) is 3.99. The Bertz CT molecular complexity index is 455. The highest BCUT2D eigenvalue weighted by molar-refractivity contribution is 5.84. The normalized spacial score (nSPS) is 11.0. The summed E-state index contributed by atoms with van der Waals surface area (Å²) >= 11 is 0. The maximum absolute atomic E-state index is 11.3. The summed E-state index contributed by atoms with van der Waals surface area (Å²) in [4.78, 5) is 21.7. The van der Waals surface area contributed by atoms with Crippen LogP contribution in [0.25, 0.3) is 0 Å². The van der Waals surface area contributed by atoms with E-state index in [0.717, 1.165) is 0 Å². The highest BCUT2D eigenvalue weighted by atomic mass is 16.6. The van der Waals surface area contributed by atoms with Crippen molar-refractivity contribution in [1.82, 2.24) is 0 Å². The number of benzene rings is 1. The van der Waals surface area contributed by atoms with E-state index in [9.17, 15) is 20.0 Å². The van der Waals surface area contributed by atoms with Gasteiger partial charge in [-0.05, 0) is 18.9 Å². The first-order valence-electron chi connectivity index (χ1n) is 5.72. The number of anilines is 1. The molecular formula is C12H16N2O4. The summed E-state index contributed by atoms with van der Waals surface area (Å²) in [5.74, 6) is -1.01. The quantitative estimate of drug-likeness (QED) is 0.599. The van der Waals surface area contributed by atoms with E-state index >= 15 is 0 Å². The van der Waals surface area contributed by atoms with E-state index in [1.165, 1.54) is 12.1 Å². The van der Waals surface area contributed by atoms with Crippen LogP contribution in [0.4, 0.5) is 11.4 Å². The summed E-state index contributed by atoms with van der Waals surface area (Å²) in [6.07, 6.45) is 0.676. The molecule has 0 aliphatic carbocycles. The number of carboxylic acids is 1. The molecule has 0 heterocycles. The Kier molecular flexibility index (Phi) is 4.25. The lowest BCUT2D eigenvalue weighted by Gasteiger charge is -2.28. The molecule has 0 aliphatic heterocycles. The molecule has 0 amide bonds. The first-order chi connectivity index (χ1) is 8.46. The minimum absolute atomic E-state index is 0.120. The smallest absolute Gasteiger partial charge is 0.329 e. The van der Waals surface area contributed by atoms with Crippen LogP contribution in [0.5, 0.6) is 0 Å². The number of nitrogens with zero attached hydrogens (tertiary/aromatic N) is 1. The molecule has 1 aromatic carbocycles. The number of para-hydroxylation sites is 2. The highest BCUT2D eigenvalue weighted by Crippen LogP contribution is 2.29. The van der Waals surface area contributed by atoms with Crippen molar-refractivity contribution in [3.05, 3.63) is 34.4 Å². The van der Waals surface area contributed by atoms with Gasteiger partial charge in [0.2, 0.25) is 0 Å². The molecule has 0 spiro atoms. The molecule has 0 aromatic heterocycles. The average Bonchev–Trinajstić information content (AvgIpc) is 2.36. The molecular weight excluding hydrogens is 236 g/mol. The molecule has 98 valence electrons. The van der Waals surface area contributed by atoms with Crippen LogP contribution in [0.1, 0.15) is 26.7 Å². The fraction of sp³-hybridized carbons (Fsp3) is 0.417. The number of hydrogen-bond acceptors (Lipinski definition) is 4. The maximum atomic E-state index is 11.3. The fourth-order valence-corrected chi connectivity index (χ4v) is 1.78. The third-order valence-electron chi connectivity index (χ3n) is 3.09. The van der Waals surface area contributed by atoms with Gasteiger partial charge in [-0.15, -0.1) is 0 Å². The average molecular weight is 252 g/mol. The van der Waals surface area contributed by atoms with Gasteiger partial charge in [-0.2, -0.15) is 0 Å². The molecule has 0 bridgehead atoms. The molecule has 1 rings (SSSR count). The van der Waals surface area contributed by atoms with Crippen LogP contribution in [-0.2, 0) is 4.79 Å². The molecule has 0 aliphatic rings. The minimum Gasteiger partial charge on any atom is -0.480 e. The molecule has 0 saturated carbocycles. The topological polar surface area (TPSA) is 92.5 Å². The van der Waals surface area contributed by atoms with Crippen molar-refractivity contribution in [3.63, 3.8) is 0 Å². The molecule has 18 heavy (non-hydrogen) atoms. The van der Waals surface area contributed by atoms with Crippen LogP contribution in [-0.4, -0.2) is 21.5 Å². The third kappa shape index (κ3) is 2.58. The van der Waals surface area contributed by atoms with E-state index in [2.05, 4.69) is 5.32 Å². The maximum Gasteiger partial charge on any atom is 0.329 e. The van der Waals surface area contributed by atoms with Crippen LogP contribution in [0.3, 0.4) is 0 Å². The van der Waals surface area contributed by atoms with E-state index in [-0.39, 0.29) is 11.4 Å². The van der Waals surface area contributed by atoms with Crippen molar-refractivity contribution in [1.29, 1.82) is 0 Å². The number of carboxylic acid groups (broad SMARTS) is 1. The molecule has 1 aromatic rings. The van der Waals surface area contributed by atoms with Gasteiger partial charge in [0, 0.05) is 6.07 Å². The first-order valence-corrected chi connectivity index (χ1v) is 5.72. The van der Waals surface area contributed by atoms with Crippen molar-refractivity contribution in [2.45, 2.75) is 32.2 Å². The fourth-order valence-electron chi connectivity index (χ4n) is 1.78.